The van der Waals surface area contributed by atoms with Gasteiger partial charge in [0.1, 0.15) is 0 Å². The summed E-state index contributed by atoms with van der Waals surface area (Å²) < 4.78 is 0.818. The molecule has 1 aliphatic rings. The molecule has 0 unspecified atom stereocenters. The number of carbonyl (C=O) groups is 2. The number of rotatable bonds is 4. The standard InChI is InChI=1S/C15H14BrN5O3/c1-7-9(14(23)21-18-7)3-5-12(22)19-20-13-10-6-8(16)2-4-11(10)17-15(13)24/h2,4,6,9,17,24H,3,5H2,1H3,(H,21,23)/t9-/m0/s1. The quantitative estimate of drug-likeness (QED) is 0.694. The molecule has 0 aliphatic carbocycles. The summed E-state index contributed by atoms with van der Waals surface area (Å²) in [6.45, 7) is 1.73. The summed E-state index contributed by atoms with van der Waals surface area (Å²) in [7, 11) is 0. The number of hydrogen-bond donors (Lipinski definition) is 3. The molecule has 0 saturated carbocycles. The number of benzene rings is 1. The van der Waals surface area contributed by atoms with Crippen LogP contribution in [-0.4, -0.2) is 27.6 Å². The molecule has 8 nitrogen and oxygen atoms in total. The molecule has 0 radical (unpaired) electrons. The van der Waals surface area contributed by atoms with E-state index < -0.39 is 11.8 Å². The van der Waals surface area contributed by atoms with E-state index in [2.05, 4.69) is 41.7 Å². The number of aromatic amines is 1. The van der Waals surface area contributed by atoms with Crippen molar-refractivity contribution < 1.29 is 14.7 Å². The normalized spacial score (nSPS) is 17.5. The molecule has 0 fully saturated rings. The molecule has 1 atom stereocenters. The first-order valence-corrected chi connectivity index (χ1v) is 8.04. The molecule has 1 aliphatic heterocycles. The van der Waals surface area contributed by atoms with Crippen LogP contribution in [0.5, 0.6) is 5.88 Å². The molecule has 0 saturated heterocycles. The predicted molar refractivity (Wildman–Crippen MR) is 91.2 cm³/mol. The third-order valence-electron chi connectivity index (χ3n) is 3.79. The first kappa shape index (κ1) is 16.3. The van der Waals surface area contributed by atoms with Gasteiger partial charge < -0.3 is 10.1 Å². The van der Waals surface area contributed by atoms with Crippen molar-refractivity contribution in [2.45, 2.75) is 19.8 Å². The number of nitrogens with one attached hydrogen (secondary N) is 2. The lowest BCUT2D eigenvalue weighted by molar-refractivity contribution is -0.122. The third-order valence-corrected chi connectivity index (χ3v) is 4.28. The number of hydrazone groups is 1. The molecule has 0 bridgehead atoms. The van der Waals surface area contributed by atoms with Crippen LogP contribution in [0, 0.1) is 5.92 Å². The number of fused-ring (bicyclic) bond motifs is 1. The number of H-pyrrole nitrogens is 1. The van der Waals surface area contributed by atoms with Gasteiger partial charge in [0.25, 0.3) is 5.91 Å². The first-order chi connectivity index (χ1) is 11.5. The summed E-state index contributed by atoms with van der Waals surface area (Å²) in [5, 5.41) is 21.9. The van der Waals surface area contributed by atoms with Gasteiger partial charge in [0.2, 0.25) is 11.8 Å². The Balaban J connectivity index is 1.70. The molecule has 9 heteroatoms. The van der Waals surface area contributed by atoms with E-state index in [0.29, 0.717) is 23.0 Å². The minimum Gasteiger partial charge on any atom is -0.493 e. The zero-order chi connectivity index (χ0) is 17.3. The lowest BCUT2D eigenvalue weighted by Crippen LogP contribution is -2.22. The van der Waals surface area contributed by atoms with Crippen LogP contribution in [0.25, 0.3) is 10.9 Å². The van der Waals surface area contributed by atoms with E-state index in [1.165, 1.54) is 0 Å². The van der Waals surface area contributed by atoms with Crippen molar-refractivity contribution in [3.8, 4) is 5.88 Å². The maximum Gasteiger partial charge on any atom is 0.264 e. The average Bonchev–Trinajstić information content (AvgIpc) is 3.02. The third kappa shape index (κ3) is 3.21. The minimum atomic E-state index is -0.466. The maximum atomic E-state index is 11.9. The Kier molecular flexibility index (Phi) is 4.43. The molecule has 3 N–H and O–H groups in total. The highest BCUT2D eigenvalue weighted by Crippen LogP contribution is 2.36. The van der Waals surface area contributed by atoms with Crippen LogP contribution in [0.15, 0.2) is 38.0 Å². The SMILES string of the molecule is CC1=NNC(=O)[C@H]1CCC(=O)N=Nc1c(O)[nH]c2ccc(Br)cc12. The van der Waals surface area contributed by atoms with Gasteiger partial charge in [0.05, 0.1) is 11.4 Å². The van der Waals surface area contributed by atoms with Crippen molar-refractivity contribution in [2.24, 2.45) is 21.2 Å². The molecule has 3 rings (SSSR count). The van der Waals surface area contributed by atoms with Crippen LogP contribution in [0.3, 0.4) is 0 Å². The van der Waals surface area contributed by atoms with Crippen LogP contribution in [0.2, 0.25) is 0 Å². The fourth-order valence-electron chi connectivity index (χ4n) is 2.49. The van der Waals surface area contributed by atoms with Gasteiger partial charge in [0.15, 0.2) is 5.69 Å². The monoisotopic (exact) mass is 391 g/mol. The van der Waals surface area contributed by atoms with Crippen LogP contribution in [0.4, 0.5) is 5.69 Å². The molecule has 24 heavy (non-hydrogen) atoms. The van der Waals surface area contributed by atoms with Gasteiger partial charge >= 0.3 is 0 Å². The van der Waals surface area contributed by atoms with Gasteiger partial charge in [0, 0.05) is 22.0 Å². The number of amides is 2. The maximum absolute atomic E-state index is 11.9. The fraction of sp³-hybridized carbons (Fsp3) is 0.267. The van der Waals surface area contributed by atoms with Crippen molar-refractivity contribution in [3.05, 3.63) is 22.7 Å². The van der Waals surface area contributed by atoms with Crippen LogP contribution < -0.4 is 5.43 Å². The van der Waals surface area contributed by atoms with Gasteiger partial charge in [-0.3, -0.25) is 9.59 Å². The summed E-state index contributed by atoms with van der Waals surface area (Å²) in [5.74, 6) is -1.23. The number of hydrogen-bond acceptors (Lipinski definition) is 5. The zero-order valence-corrected chi connectivity index (χ0v) is 14.3. The number of aromatic hydroxyl groups is 1. The summed E-state index contributed by atoms with van der Waals surface area (Å²) >= 11 is 3.35. The molecule has 2 amide bonds. The molecule has 2 heterocycles. The van der Waals surface area contributed by atoms with Gasteiger partial charge in [-0.05, 0) is 31.5 Å². The van der Waals surface area contributed by atoms with Crippen LogP contribution in [0.1, 0.15) is 19.8 Å². The smallest absolute Gasteiger partial charge is 0.264 e. The first-order valence-electron chi connectivity index (χ1n) is 7.24. The van der Waals surface area contributed by atoms with Crippen LogP contribution >= 0.6 is 15.9 Å². The molecule has 1 aromatic carbocycles. The molecule has 0 spiro atoms. The molecule has 1 aromatic heterocycles. The Morgan fingerprint density at radius 3 is 2.96 bits per heavy atom. The Morgan fingerprint density at radius 2 is 2.25 bits per heavy atom. The van der Waals surface area contributed by atoms with E-state index in [4.69, 9.17) is 0 Å². The van der Waals surface area contributed by atoms with E-state index in [-0.39, 0.29) is 23.9 Å². The number of aromatic nitrogens is 1. The highest BCUT2D eigenvalue weighted by atomic mass is 79.9. The molecular weight excluding hydrogens is 378 g/mol. The van der Waals surface area contributed by atoms with E-state index >= 15 is 0 Å². The molecule has 2 aromatic rings. The summed E-state index contributed by atoms with van der Waals surface area (Å²) in [5.41, 5.74) is 3.92. The van der Waals surface area contributed by atoms with Crippen molar-refractivity contribution in [3.63, 3.8) is 0 Å². The lowest BCUT2D eigenvalue weighted by Gasteiger charge is -2.04. The fourth-order valence-corrected chi connectivity index (χ4v) is 2.85. The van der Waals surface area contributed by atoms with E-state index in [9.17, 15) is 14.7 Å². The Bertz CT molecular complexity index is 887. The largest absolute Gasteiger partial charge is 0.493 e. The van der Waals surface area contributed by atoms with Crippen molar-refractivity contribution in [2.75, 3.05) is 0 Å². The average molecular weight is 392 g/mol. The molecule has 124 valence electrons. The predicted octanol–water partition coefficient (Wildman–Crippen LogP) is 3.15. The molecular formula is C15H14BrN5O3. The Morgan fingerprint density at radius 1 is 1.46 bits per heavy atom. The second kappa shape index (κ2) is 6.52. The van der Waals surface area contributed by atoms with Crippen molar-refractivity contribution in [1.82, 2.24) is 10.4 Å². The highest BCUT2D eigenvalue weighted by molar-refractivity contribution is 9.10. The Labute approximate surface area is 145 Å². The van der Waals surface area contributed by atoms with E-state index in [0.717, 1.165) is 4.47 Å². The topological polar surface area (TPSA) is 119 Å². The Hall–Kier alpha value is -2.55. The van der Waals surface area contributed by atoms with Crippen LogP contribution in [-0.2, 0) is 9.59 Å². The van der Waals surface area contributed by atoms with Crippen molar-refractivity contribution in [1.29, 1.82) is 0 Å². The second-order valence-corrected chi connectivity index (χ2v) is 6.34. The van der Waals surface area contributed by atoms with E-state index in [1.54, 1.807) is 19.1 Å². The van der Waals surface area contributed by atoms with E-state index in [1.807, 2.05) is 6.07 Å². The number of carbonyl (C=O) groups excluding carboxylic acids is 2. The summed E-state index contributed by atoms with van der Waals surface area (Å²) in [6.07, 6.45) is 0.395. The lowest BCUT2D eigenvalue weighted by atomic mass is 9.99. The highest BCUT2D eigenvalue weighted by Gasteiger charge is 2.27. The summed E-state index contributed by atoms with van der Waals surface area (Å²) in [6, 6.07) is 5.37. The summed E-state index contributed by atoms with van der Waals surface area (Å²) in [4.78, 5) is 26.2. The van der Waals surface area contributed by atoms with Gasteiger partial charge in [-0.25, -0.2) is 5.43 Å². The second-order valence-electron chi connectivity index (χ2n) is 5.43. The number of azo groups is 1. The van der Waals surface area contributed by atoms with Gasteiger partial charge in [-0.15, -0.1) is 10.2 Å². The number of nitrogens with zero attached hydrogens (tertiary/aromatic N) is 3. The van der Waals surface area contributed by atoms with Crippen molar-refractivity contribution >= 4 is 50.0 Å². The number of halogens is 1. The van der Waals surface area contributed by atoms with Gasteiger partial charge in [-0.2, -0.15) is 5.10 Å². The zero-order valence-electron chi connectivity index (χ0n) is 12.7. The van der Waals surface area contributed by atoms with Gasteiger partial charge in [-0.1, -0.05) is 15.9 Å². The minimum absolute atomic E-state index is 0.0707.